The first-order valence-corrected chi connectivity index (χ1v) is 6.82. The molecule has 0 fully saturated rings. The van der Waals surface area contributed by atoms with Crippen LogP contribution in [0.15, 0.2) is 34.4 Å². The molecule has 0 atom stereocenters. The molecule has 1 aliphatic rings. The lowest BCUT2D eigenvalue weighted by Gasteiger charge is -2.14. The van der Waals surface area contributed by atoms with Crippen LogP contribution in [0, 0.1) is 20.8 Å². The summed E-state index contributed by atoms with van der Waals surface area (Å²) in [6, 6.07) is 4.35. The Kier molecular flexibility index (Phi) is 3.49. The Hall–Kier alpha value is -1.63. The second-order valence-electron chi connectivity index (χ2n) is 5.66. The molecule has 0 unspecified atom stereocenters. The van der Waals surface area contributed by atoms with Gasteiger partial charge in [-0.1, -0.05) is 12.1 Å². The van der Waals surface area contributed by atoms with Gasteiger partial charge in [-0.25, -0.2) is 0 Å². The number of hydrogen-bond donors (Lipinski definition) is 0. The summed E-state index contributed by atoms with van der Waals surface area (Å²) in [5.41, 5.74) is 9.59. The fraction of sp³-hybridized carbons (Fsp3) is 0.389. The average molecular weight is 254 g/mol. The van der Waals surface area contributed by atoms with E-state index in [1.54, 1.807) is 0 Å². The van der Waals surface area contributed by atoms with E-state index in [1.807, 2.05) is 13.8 Å². The maximum absolute atomic E-state index is 12.0. The van der Waals surface area contributed by atoms with Crippen LogP contribution in [0.4, 0.5) is 0 Å². The highest BCUT2D eigenvalue weighted by Gasteiger charge is 2.24. The molecule has 0 spiro atoms. The van der Waals surface area contributed by atoms with Gasteiger partial charge in [-0.05, 0) is 86.9 Å². The highest BCUT2D eigenvalue weighted by Crippen LogP contribution is 2.33. The number of hydrogen-bond acceptors (Lipinski definition) is 1. The molecule has 0 saturated carbocycles. The molecule has 1 aromatic rings. The van der Waals surface area contributed by atoms with Crippen LogP contribution in [0.25, 0.3) is 0 Å². The molecule has 1 aromatic carbocycles. The quantitative estimate of drug-likeness (QED) is 0.765. The van der Waals surface area contributed by atoms with Crippen molar-refractivity contribution < 1.29 is 4.79 Å². The molecule has 0 aromatic heterocycles. The van der Waals surface area contributed by atoms with Crippen molar-refractivity contribution in [3.8, 4) is 0 Å². The number of rotatable bonds is 2. The zero-order chi connectivity index (χ0) is 14.3. The highest BCUT2D eigenvalue weighted by molar-refractivity contribution is 6.12. The van der Waals surface area contributed by atoms with Crippen molar-refractivity contribution in [1.82, 2.24) is 0 Å². The third-order valence-electron chi connectivity index (χ3n) is 4.61. The van der Waals surface area contributed by atoms with Gasteiger partial charge in [-0.3, -0.25) is 4.79 Å². The van der Waals surface area contributed by atoms with Gasteiger partial charge >= 0.3 is 0 Å². The summed E-state index contributed by atoms with van der Waals surface area (Å²) in [6.07, 6.45) is 0.875. The van der Waals surface area contributed by atoms with Crippen LogP contribution in [0.2, 0.25) is 0 Å². The predicted molar refractivity (Wildman–Crippen MR) is 80.4 cm³/mol. The van der Waals surface area contributed by atoms with E-state index < -0.39 is 0 Å². The molecule has 0 bridgehead atoms. The average Bonchev–Trinajstić information content (AvgIpc) is 2.56. The van der Waals surface area contributed by atoms with E-state index in [0.29, 0.717) is 0 Å². The number of aryl methyl sites for hydroxylation is 2. The van der Waals surface area contributed by atoms with Crippen LogP contribution >= 0.6 is 0 Å². The van der Waals surface area contributed by atoms with Crippen molar-refractivity contribution in [2.75, 3.05) is 0 Å². The zero-order valence-electron chi connectivity index (χ0n) is 12.8. The van der Waals surface area contributed by atoms with Gasteiger partial charge in [0.05, 0.1) is 0 Å². The summed E-state index contributed by atoms with van der Waals surface area (Å²) >= 11 is 0. The van der Waals surface area contributed by atoms with Crippen molar-refractivity contribution in [2.45, 2.75) is 48.0 Å². The maximum Gasteiger partial charge on any atom is 0.184 e. The molecular weight excluding hydrogens is 232 g/mol. The van der Waals surface area contributed by atoms with Crippen LogP contribution < -0.4 is 0 Å². The highest BCUT2D eigenvalue weighted by atomic mass is 16.1. The van der Waals surface area contributed by atoms with Crippen LogP contribution in [0.1, 0.15) is 43.0 Å². The minimum Gasteiger partial charge on any atom is -0.289 e. The molecule has 0 saturated heterocycles. The molecular formula is C18H22O. The summed E-state index contributed by atoms with van der Waals surface area (Å²) in [4.78, 5) is 12.0. The number of carbonyl (C=O) groups excluding carboxylic acids is 1. The van der Waals surface area contributed by atoms with E-state index in [2.05, 4.69) is 39.8 Å². The minimum absolute atomic E-state index is 0.218. The van der Waals surface area contributed by atoms with Crippen molar-refractivity contribution in [3.63, 3.8) is 0 Å². The van der Waals surface area contributed by atoms with Crippen LogP contribution in [0.5, 0.6) is 0 Å². The molecule has 1 heteroatoms. The number of ketones is 1. The fourth-order valence-corrected chi connectivity index (χ4v) is 2.82. The standard InChI is InChI=1S/C18H22O/c1-10-7-8-11(2)16(12(10)3)9-17-13(4)14(5)18(19)15(17)6/h7-8H,9H2,1-6H3. The molecule has 1 aliphatic carbocycles. The van der Waals surface area contributed by atoms with E-state index >= 15 is 0 Å². The summed E-state index contributed by atoms with van der Waals surface area (Å²) in [6.45, 7) is 12.4. The lowest BCUT2D eigenvalue weighted by atomic mass is 9.90. The Morgan fingerprint density at radius 3 is 1.89 bits per heavy atom. The maximum atomic E-state index is 12.0. The van der Waals surface area contributed by atoms with E-state index in [0.717, 1.165) is 17.6 Å². The van der Waals surface area contributed by atoms with Gasteiger partial charge in [0.15, 0.2) is 5.78 Å². The van der Waals surface area contributed by atoms with E-state index in [-0.39, 0.29) is 5.78 Å². The molecule has 0 heterocycles. The van der Waals surface area contributed by atoms with Gasteiger partial charge in [0.25, 0.3) is 0 Å². The van der Waals surface area contributed by atoms with Crippen LogP contribution in [-0.2, 0) is 11.2 Å². The summed E-state index contributed by atoms with van der Waals surface area (Å²) in [5, 5.41) is 0. The van der Waals surface area contributed by atoms with E-state index in [4.69, 9.17) is 0 Å². The normalized spacial score (nSPS) is 15.8. The smallest absolute Gasteiger partial charge is 0.184 e. The Morgan fingerprint density at radius 2 is 1.37 bits per heavy atom. The van der Waals surface area contributed by atoms with Crippen molar-refractivity contribution in [2.24, 2.45) is 0 Å². The van der Waals surface area contributed by atoms with E-state index in [9.17, 15) is 4.79 Å². The third-order valence-corrected chi connectivity index (χ3v) is 4.61. The number of allylic oxidation sites excluding steroid dienone is 4. The number of carbonyl (C=O) groups is 1. The Balaban J connectivity index is 2.49. The first-order valence-electron chi connectivity index (χ1n) is 6.82. The number of benzene rings is 1. The molecule has 1 nitrogen and oxygen atoms in total. The zero-order valence-corrected chi connectivity index (χ0v) is 12.8. The largest absolute Gasteiger partial charge is 0.289 e. The molecule has 0 radical (unpaired) electrons. The fourth-order valence-electron chi connectivity index (χ4n) is 2.82. The molecule has 0 N–H and O–H groups in total. The lowest BCUT2D eigenvalue weighted by molar-refractivity contribution is -0.112. The van der Waals surface area contributed by atoms with Gasteiger partial charge in [-0.2, -0.15) is 0 Å². The van der Waals surface area contributed by atoms with Gasteiger partial charge in [0.2, 0.25) is 0 Å². The first kappa shape index (κ1) is 13.8. The van der Waals surface area contributed by atoms with Gasteiger partial charge < -0.3 is 0 Å². The van der Waals surface area contributed by atoms with Gasteiger partial charge in [0.1, 0.15) is 0 Å². The first-order chi connectivity index (χ1) is 8.84. The van der Waals surface area contributed by atoms with Crippen molar-refractivity contribution in [1.29, 1.82) is 0 Å². The second kappa shape index (κ2) is 4.80. The monoisotopic (exact) mass is 254 g/mol. The molecule has 2 rings (SSSR count). The van der Waals surface area contributed by atoms with Gasteiger partial charge in [-0.15, -0.1) is 0 Å². The van der Waals surface area contributed by atoms with Crippen molar-refractivity contribution >= 4 is 5.78 Å². The molecule has 0 amide bonds. The van der Waals surface area contributed by atoms with E-state index in [1.165, 1.54) is 33.4 Å². The van der Waals surface area contributed by atoms with Crippen molar-refractivity contribution in [3.05, 3.63) is 56.7 Å². The number of Topliss-reactive ketones (excluding diaryl/α,β-unsaturated/α-hetero) is 1. The molecule has 100 valence electrons. The Labute approximate surface area is 116 Å². The predicted octanol–water partition coefficient (Wildman–Crippen LogP) is 4.39. The van der Waals surface area contributed by atoms with Crippen LogP contribution in [-0.4, -0.2) is 5.78 Å². The Morgan fingerprint density at radius 1 is 0.789 bits per heavy atom. The lowest BCUT2D eigenvalue weighted by Crippen LogP contribution is -2.01. The third kappa shape index (κ3) is 2.18. The minimum atomic E-state index is 0.218. The molecule has 0 aliphatic heterocycles. The SMILES string of the molecule is CC1=C(C)C(Cc2c(C)ccc(C)c2C)=C(C)C1=O. The summed E-state index contributed by atoms with van der Waals surface area (Å²) < 4.78 is 0. The van der Waals surface area contributed by atoms with Crippen LogP contribution in [0.3, 0.4) is 0 Å². The molecule has 19 heavy (non-hydrogen) atoms. The Bertz CT molecular complexity index is 627. The summed E-state index contributed by atoms with van der Waals surface area (Å²) in [5.74, 6) is 0.218. The van der Waals surface area contributed by atoms with Gasteiger partial charge in [0, 0.05) is 5.57 Å². The summed E-state index contributed by atoms with van der Waals surface area (Å²) in [7, 11) is 0. The topological polar surface area (TPSA) is 17.1 Å². The second-order valence-corrected chi connectivity index (χ2v) is 5.66.